The molecule has 3 rings (SSSR count). The maximum atomic E-state index is 12.6. The molecule has 1 saturated heterocycles. The van der Waals surface area contributed by atoms with E-state index in [1.165, 1.54) is 0 Å². The Morgan fingerprint density at radius 3 is 2.26 bits per heavy atom. The van der Waals surface area contributed by atoms with Crippen molar-refractivity contribution in [3.8, 4) is 0 Å². The number of nitrogens with two attached hydrogens (primary N) is 1. The summed E-state index contributed by atoms with van der Waals surface area (Å²) >= 11 is 9.55. The SMILES string of the molecule is NC(=O)C(c1ccc(Br)cc1)N1CCN(C(=O)Cc2ccccc2Cl)CC1. The molecule has 7 heteroatoms. The van der Waals surface area contributed by atoms with E-state index in [9.17, 15) is 9.59 Å². The predicted octanol–water partition coefficient (Wildman–Crippen LogP) is 3.02. The van der Waals surface area contributed by atoms with Crippen molar-refractivity contribution in [2.75, 3.05) is 26.2 Å². The molecule has 5 nitrogen and oxygen atoms in total. The minimum Gasteiger partial charge on any atom is -0.368 e. The molecular weight excluding hydrogens is 430 g/mol. The third-order valence-corrected chi connectivity index (χ3v) is 5.68. The van der Waals surface area contributed by atoms with Gasteiger partial charge >= 0.3 is 0 Å². The summed E-state index contributed by atoms with van der Waals surface area (Å²) < 4.78 is 0.949. The summed E-state index contributed by atoms with van der Waals surface area (Å²) in [5.74, 6) is -0.338. The number of rotatable bonds is 5. The first kappa shape index (κ1) is 19.9. The van der Waals surface area contributed by atoms with Crippen LogP contribution in [0.1, 0.15) is 17.2 Å². The molecule has 2 amide bonds. The summed E-state index contributed by atoms with van der Waals surface area (Å²) in [5.41, 5.74) is 7.36. The maximum absolute atomic E-state index is 12.6. The Morgan fingerprint density at radius 1 is 1.04 bits per heavy atom. The van der Waals surface area contributed by atoms with Crippen molar-refractivity contribution in [3.05, 3.63) is 69.2 Å². The van der Waals surface area contributed by atoms with Gasteiger partial charge in [-0.05, 0) is 29.3 Å². The molecule has 142 valence electrons. The van der Waals surface area contributed by atoms with E-state index in [0.29, 0.717) is 31.2 Å². The van der Waals surface area contributed by atoms with E-state index in [2.05, 4.69) is 15.9 Å². The number of halogens is 2. The summed E-state index contributed by atoms with van der Waals surface area (Å²) in [4.78, 5) is 28.5. The largest absolute Gasteiger partial charge is 0.368 e. The summed E-state index contributed by atoms with van der Waals surface area (Å²) in [6.45, 7) is 2.31. The van der Waals surface area contributed by atoms with Gasteiger partial charge in [0.25, 0.3) is 0 Å². The number of carbonyl (C=O) groups is 2. The molecule has 2 N–H and O–H groups in total. The van der Waals surface area contributed by atoms with Crippen molar-refractivity contribution in [2.45, 2.75) is 12.5 Å². The fourth-order valence-electron chi connectivity index (χ4n) is 3.35. The Hall–Kier alpha value is -1.89. The Bertz CT molecular complexity index is 820. The fraction of sp³-hybridized carbons (Fsp3) is 0.300. The van der Waals surface area contributed by atoms with Crippen molar-refractivity contribution < 1.29 is 9.59 Å². The standard InChI is InChI=1S/C20H21BrClN3O2/c21-16-7-5-14(6-8-16)19(20(23)27)25-11-9-24(10-12-25)18(26)13-15-3-1-2-4-17(15)22/h1-8,19H,9-13H2,(H2,23,27). The number of primary amides is 1. The topological polar surface area (TPSA) is 66.6 Å². The van der Waals surface area contributed by atoms with Crippen LogP contribution >= 0.6 is 27.5 Å². The second kappa shape index (κ2) is 8.87. The lowest BCUT2D eigenvalue weighted by Gasteiger charge is -2.38. The number of hydrogen-bond donors (Lipinski definition) is 1. The van der Waals surface area contributed by atoms with Crippen LogP contribution in [-0.2, 0) is 16.0 Å². The Kier molecular flexibility index (Phi) is 6.52. The molecule has 1 aliphatic heterocycles. The molecule has 0 aliphatic carbocycles. The van der Waals surface area contributed by atoms with Crippen LogP contribution in [0.25, 0.3) is 0 Å². The molecule has 1 heterocycles. The second-order valence-corrected chi connectivity index (χ2v) is 7.86. The highest BCUT2D eigenvalue weighted by molar-refractivity contribution is 9.10. The first-order chi connectivity index (χ1) is 13.0. The lowest BCUT2D eigenvalue weighted by Crippen LogP contribution is -2.52. The van der Waals surface area contributed by atoms with E-state index in [4.69, 9.17) is 17.3 Å². The number of nitrogens with zero attached hydrogens (tertiary/aromatic N) is 2. The third-order valence-electron chi connectivity index (χ3n) is 4.79. The lowest BCUT2D eigenvalue weighted by atomic mass is 10.0. The van der Waals surface area contributed by atoms with Crippen molar-refractivity contribution in [1.82, 2.24) is 9.80 Å². The zero-order valence-corrected chi connectivity index (χ0v) is 17.1. The Morgan fingerprint density at radius 2 is 1.67 bits per heavy atom. The molecule has 0 radical (unpaired) electrons. The quantitative estimate of drug-likeness (QED) is 0.761. The van der Waals surface area contributed by atoms with E-state index < -0.39 is 6.04 Å². The van der Waals surface area contributed by atoms with Crippen molar-refractivity contribution >= 4 is 39.3 Å². The van der Waals surface area contributed by atoms with Gasteiger partial charge < -0.3 is 10.6 Å². The van der Waals surface area contributed by atoms with Gasteiger partial charge in [-0.3, -0.25) is 14.5 Å². The number of hydrogen-bond acceptors (Lipinski definition) is 3. The fourth-order valence-corrected chi connectivity index (χ4v) is 3.81. The molecule has 27 heavy (non-hydrogen) atoms. The highest BCUT2D eigenvalue weighted by Crippen LogP contribution is 2.24. The molecule has 1 fully saturated rings. The van der Waals surface area contributed by atoms with Crippen molar-refractivity contribution in [3.63, 3.8) is 0 Å². The maximum Gasteiger partial charge on any atom is 0.239 e. The molecule has 1 atom stereocenters. The molecule has 0 bridgehead atoms. The number of carbonyl (C=O) groups excluding carboxylic acids is 2. The minimum absolute atomic E-state index is 0.0435. The summed E-state index contributed by atoms with van der Waals surface area (Å²) in [6, 6.07) is 14.5. The summed E-state index contributed by atoms with van der Waals surface area (Å²) in [6.07, 6.45) is 0.283. The molecule has 0 aromatic heterocycles. The van der Waals surface area contributed by atoms with Gasteiger partial charge in [0.2, 0.25) is 11.8 Å². The van der Waals surface area contributed by atoms with Crippen LogP contribution in [-0.4, -0.2) is 47.8 Å². The average Bonchev–Trinajstić information content (AvgIpc) is 2.65. The van der Waals surface area contributed by atoms with Gasteiger partial charge in [-0.1, -0.05) is 57.9 Å². The smallest absolute Gasteiger partial charge is 0.239 e. The number of benzene rings is 2. The van der Waals surface area contributed by atoms with Crippen molar-refractivity contribution in [1.29, 1.82) is 0 Å². The predicted molar refractivity (Wildman–Crippen MR) is 109 cm³/mol. The van der Waals surface area contributed by atoms with Crippen LogP contribution < -0.4 is 5.73 Å². The molecular formula is C20H21BrClN3O2. The first-order valence-electron chi connectivity index (χ1n) is 8.75. The minimum atomic E-state index is -0.487. The molecule has 2 aromatic carbocycles. The Balaban J connectivity index is 1.63. The number of piperazine rings is 1. The monoisotopic (exact) mass is 449 g/mol. The van der Waals surface area contributed by atoms with Crippen LogP contribution in [0.15, 0.2) is 53.0 Å². The van der Waals surface area contributed by atoms with Gasteiger partial charge in [-0.15, -0.1) is 0 Å². The average molecular weight is 451 g/mol. The van der Waals surface area contributed by atoms with Gasteiger partial charge in [0.05, 0.1) is 6.42 Å². The summed E-state index contributed by atoms with van der Waals surface area (Å²) in [5, 5.41) is 0.605. The molecule has 0 spiro atoms. The lowest BCUT2D eigenvalue weighted by molar-refractivity contribution is -0.133. The third kappa shape index (κ3) is 4.89. The summed E-state index contributed by atoms with van der Waals surface area (Å²) in [7, 11) is 0. The van der Waals surface area contributed by atoms with Gasteiger partial charge in [0, 0.05) is 35.7 Å². The van der Waals surface area contributed by atoms with Crippen LogP contribution in [0.3, 0.4) is 0 Å². The Labute approximate surface area is 172 Å². The second-order valence-electron chi connectivity index (χ2n) is 6.54. The highest BCUT2D eigenvalue weighted by Gasteiger charge is 2.30. The number of amides is 2. The van der Waals surface area contributed by atoms with Gasteiger partial charge in [0.15, 0.2) is 0 Å². The van der Waals surface area contributed by atoms with Gasteiger partial charge in [-0.25, -0.2) is 0 Å². The van der Waals surface area contributed by atoms with E-state index in [1.54, 1.807) is 6.07 Å². The van der Waals surface area contributed by atoms with Crippen LogP contribution in [0, 0.1) is 0 Å². The van der Waals surface area contributed by atoms with Crippen molar-refractivity contribution in [2.24, 2.45) is 5.73 Å². The molecule has 2 aromatic rings. The van der Waals surface area contributed by atoms with E-state index in [-0.39, 0.29) is 18.2 Å². The normalized spacial score (nSPS) is 16.1. The van der Waals surface area contributed by atoms with Gasteiger partial charge in [0.1, 0.15) is 6.04 Å². The van der Waals surface area contributed by atoms with Crippen LogP contribution in [0.4, 0.5) is 0 Å². The van der Waals surface area contributed by atoms with E-state index >= 15 is 0 Å². The van der Waals surface area contributed by atoms with Gasteiger partial charge in [-0.2, -0.15) is 0 Å². The van der Waals surface area contributed by atoms with E-state index in [0.717, 1.165) is 15.6 Å². The zero-order valence-electron chi connectivity index (χ0n) is 14.8. The molecule has 0 saturated carbocycles. The first-order valence-corrected chi connectivity index (χ1v) is 9.93. The molecule has 1 aliphatic rings. The zero-order chi connectivity index (χ0) is 19.4. The van der Waals surface area contributed by atoms with Crippen LogP contribution in [0.5, 0.6) is 0 Å². The van der Waals surface area contributed by atoms with E-state index in [1.807, 2.05) is 52.3 Å². The molecule has 1 unspecified atom stereocenters. The highest BCUT2D eigenvalue weighted by atomic mass is 79.9. The van der Waals surface area contributed by atoms with Crippen LogP contribution in [0.2, 0.25) is 5.02 Å².